The summed E-state index contributed by atoms with van der Waals surface area (Å²) in [5.41, 5.74) is 3.15. The van der Waals surface area contributed by atoms with Gasteiger partial charge in [0.2, 0.25) is 21.8 Å². The summed E-state index contributed by atoms with van der Waals surface area (Å²) in [6, 6.07) is 14.3. The number of aryl methyl sites for hydroxylation is 2. The number of nitrogens with one attached hydrogen (secondary N) is 1. The minimum Gasteiger partial charge on any atom is -0.352 e. The highest BCUT2D eigenvalue weighted by atomic mass is 32.2. The summed E-state index contributed by atoms with van der Waals surface area (Å²) < 4.78 is 26.7. The average molecular weight is 514 g/mol. The number of hydrogen-bond acceptors (Lipinski definition) is 4. The van der Waals surface area contributed by atoms with Crippen LogP contribution in [0.1, 0.15) is 62.1 Å². The zero-order chi connectivity index (χ0) is 26.3. The molecule has 196 valence electrons. The Kier molecular flexibility index (Phi) is 9.54. The van der Waals surface area contributed by atoms with Gasteiger partial charge in [-0.3, -0.25) is 13.9 Å². The Morgan fingerprint density at radius 3 is 2.17 bits per heavy atom. The molecule has 0 radical (unpaired) electrons. The molecule has 1 unspecified atom stereocenters. The van der Waals surface area contributed by atoms with Gasteiger partial charge in [0.05, 0.1) is 11.9 Å². The maximum Gasteiger partial charge on any atom is 0.244 e. The molecule has 36 heavy (non-hydrogen) atoms. The van der Waals surface area contributed by atoms with E-state index in [0.717, 1.165) is 52.9 Å². The van der Waals surface area contributed by atoms with Crippen LogP contribution in [-0.4, -0.2) is 50.0 Å². The van der Waals surface area contributed by atoms with Crippen LogP contribution >= 0.6 is 0 Å². The predicted octanol–water partition coefficient (Wildman–Crippen LogP) is 4.33. The van der Waals surface area contributed by atoms with Crippen LogP contribution in [0, 0.1) is 13.8 Å². The molecule has 0 aromatic heterocycles. The van der Waals surface area contributed by atoms with E-state index in [1.165, 1.54) is 6.42 Å². The molecule has 7 nitrogen and oxygen atoms in total. The van der Waals surface area contributed by atoms with Gasteiger partial charge < -0.3 is 10.2 Å². The number of nitrogens with zero attached hydrogens (tertiary/aromatic N) is 2. The molecule has 1 aliphatic carbocycles. The minimum atomic E-state index is -3.74. The second kappa shape index (κ2) is 12.4. The molecule has 0 aliphatic heterocycles. The number of benzene rings is 2. The summed E-state index contributed by atoms with van der Waals surface area (Å²) >= 11 is 0. The number of para-hydroxylation sites is 1. The standard InChI is InChI=1S/C28H39N3O4S/c1-5-25(28(33)29-24-16-7-6-8-17-24)30(19-23-15-11-9-13-21(23)2)27(32)20-31(36(4,34)35)26-18-12-10-14-22(26)3/h9-15,18,24-25H,5-8,16-17,19-20H2,1-4H3,(H,29,33). The number of amides is 2. The van der Waals surface area contributed by atoms with E-state index in [9.17, 15) is 18.0 Å². The van der Waals surface area contributed by atoms with Crippen molar-refractivity contribution in [2.75, 3.05) is 17.1 Å². The van der Waals surface area contributed by atoms with Gasteiger partial charge in [-0.15, -0.1) is 0 Å². The third-order valence-electron chi connectivity index (χ3n) is 7.00. The third-order valence-corrected chi connectivity index (χ3v) is 8.13. The molecule has 0 heterocycles. The lowest BCUT2D eigenvalue weighted by atomic mass is 9.95. The zero-order valence-electron chi connectivity index (χ0n) is 21.9. The lowest BCUT2D eigenvalue weighted by molar-refractivity contribution is -0.140. The number of anilines is 1. The molecule has 0 spiro atoms. The van der Waals surface area contributed by atoms with Crippen molar-refractivity contribution in [3.8, 4) is 0 Å². The largest absolute Gasteiger partial charge is 0.352 e. The number of carbonyl (C=O) groups is 2. The summed E-state index contributed by atoms with van der Waals surface area (Å²) in [6.07, 6.45) is 6.79. The Morgan fingerprint density at radius 2 is 1.58 bits per heavy atom. The highest BCUT2D eigenvalue weighted by Gasteiger charge is 2.33. The molecular weight excluding hydrogens is 474 g/mol. The fraction of sp³-hybridized carbons (Fsp3) is 0.500. The van der Waals surface area contributed by atoms with Gasteiger partial charge in [0.1, 0.15) is 12.6 Å². The Labute approximate surface area is 215 Å². The molecule has 3 rings (SSSR count). The van der Waals surface area contributed by atoms with Crippen LogP contribution in [-0.2, 0) is 26.2 Å². The quantitative estimate of drug-likeness (QED) is 0.512. The smallest absolute Gasteiger partial charge is 0.244 e. The summed E-state index contributed by atoms with van der Waals surface area (Å²) in [4.78, 5) is 28.8. The molecule has 1 aliphatic rings. The first-order valence-corrected chi connectivity index (χ1v) is 14.6. The van der Waals surface area contributed by atoms with Crippen LogP contribution in [0.3, 0.4) is 0 Å². The van der Waals surface area contributed by atoms with E-state index < -0.39 is 22.0 Å². The first-order valence-electron chi connectivity index (χ1n) is 12.8. The number of hydrogen-bond donors (Lipinski definition) is 1. The van der Waals surface area contributed by atoms with E-state index in [-0.39, 0.29) is 25.0 Å². The van der Waals surface area contributed by atoms with Crippen LogP contribution in [0.15, 0.2) is 48.5 Å². The first-order chi connectivity index (χ1) is 17.1. The Balaban J connectivity index is 1.93. The van der Waals surface area contributed by atoms with E-state index in [1.54, 1.807) is 17.0 Å². The van der Waals surface area contributed by atoms with Gasteiger partial charge in [-0.25, -0.2) is 8.42 Å². The topological polar surface area (TPSA) is 86.8 Å². The minimum absolute atomic E-state index is 0.121. The first kappa shape index (κ1) is 27.7. The molecule has 8 heteroatoms. The van der Waals surface area contributed by atoms with Crippen LogP contribution in [0.4, 0.5) is 5.69 Å². The van der Waals surface area contributed by atoms with Gasteiger partial charge in [0.15, 0.2) is 0 Å². The van der Waals surface area contributed by atoms with E-state index in [1.807, 2.05) is 57.2 Å². The summed E-state index contributed by atoms with van der Waals surface area (Å²) in [7, 11) is -3.74. The van der Waals surface area contributed by atoms with Gasteiger partial charge in [0.25, 0.3) is 0 Å². The molecule has 0 saturated heterocycles. The highest BCUT2D eigenvalue weighted by Crippen LogP contribution is 2.24. The van der Waals surface area contributed by atoms with Crippen molar-refractivity contribution in [3.05, 3.63) is 65.2 Å². The van der Waals surface area contributed by atoms with Crippen molar-refractivity contribution in [2.45, 2.75) is 77.9 Å². The predicted molar refractivity (Wildman–Crippen MR) is 144 cm³/mol. The number of sulfonamides is 1. The lowest BCUT2D eigenvalue weighted by Gasteiger charge is -2.34. The number of carbonyl (C=O) groups excluding carboxylic acids is 2. The molecule has 2 aromatic rings. The summed E-state index contributed by atoms with van der Waals surface area (Å²) in [6.45, 7) is 5.53. The van der Waals surface area contributed by atoms with E-state index in [2.05, 4.69) is 5.32 Å². The fourth-order valence-corrected chi connectivity index (χ4v) is 5.78. The molecule has 0 bridgehead atoms. The maximum absolute atomic E-state index is 13.8. The van der Waals surface area contributed by atoms with E-state index >= 15 is 0 Å². The van der Waals surface area contributed by atoms with Crippen LogP contribution in [0.2, 0.25) is 0 Å². The third kappa shape index (κ3) is 7.09. The molecule has 1 atom stereocenters. The van der Waals surface area contributed by atoms with Crippen LogP contribution in [0.25, 0.3) is 0 Å². The Hall–Kier alpha value is -2.87. The Morgan fingerprint density at radius 1 is 0.972 bits per heavy atom. The molecular formula is C28H39N3O4S. The monoisotopic (exact) mass is 513 g/mol. The maximum atomic E-state index is 13.8. The lowest BCUT2D eigenvalue weighted by Crippen LogP contribution is -2.54. The Bertz CT molecular complexity index is 1160. The molecule has 2 amide bonds. The normalized spacial score (nSPS) is 15.2. The fourth-order valence-electron chi connectivity index (χ4n) is 4.87. The zero-order valence-corrected chi connectivity index (χ0v) is 22.7. The van der Waals surface area contributed by atoms with E-state index in [4.69, 9.17) is 0 Å². The second-order valence-electron chi connectivity index (χ2n) is 9.77. The van der Waals surface area contributed by atoms with Gasteiger partial charge in [-0.1, -0.05) is 68.7 Å². The van der Waals surface area contributed by atoms with Gasteiger partial charge in [-0.05, 0) is 55.9 Å². The van der Waals surface area contributed by atoms with Crippen molar-refractivity contribution in [2.24, 2.45) is 0 Å². The van der Waals surface area contributed by atoms with Crippen LogP contribution < -0.4 is 9.62 Å². The van der Waals surface area contributed by atoms with Gasteiger partial charge in [-0.2, -0.15) is 0 Å². The molecule has 1 fully saturated rings. The van der Waals surface area contributed by atoms with Gasteiger partial charge >= 0.3 is 0 Å². The van der Waals surface area contributed by atoms with Crippen molar-refractivity contribution in [3.63, 3.8) is 0 Å². The summed E-state index contributed by atoms with van der Waals surface area (Å²) in [5.74, 6) is -0.578. The van der Waals surface area contributed by atoms with E-state index in [0.29, 0.717) is 12.1 Å². The summed E-state index contributed by atoms with van der Waals surface area (Å²) in [5, 5.41) is 3.17. The SMILES string of the molecule is CCC(C(=O)NC1CCCCC1)N(Cc1ccccc1C)C(=O)CN(c1ccccc1C)S(C)(=O)=O. The van der Waals surface area contributed by atoms with Crippen molar-refractivity contribution in [1.82, 2.24) is 10.2 Å². The van der Waals surface area contributed by atoms with Crippen molar-refractivity contribution >= 4 is 27.5 Å². The molecule has 1 N–H and O–H groups in total. The number of rotatable bonds is 10. The van der Waals surface area contributed by atoms with Crippen LogP contribution in [0.5, 0.6) is 0 Å². The second-order valence-corrected chi connectivity index (χ2v) is 11.7. The molecule has 2 aromatic carbocycles. The van der Waals surface area contributed by atoms with Gasteiger partial charge in [0, 0.05) is 12.6 Å². The average Bonchev–Trinajstić information content (AvgIpc) is 2.84. The van der Waals surface area contributed by atoms with Crippen molar-refractivity contribution < 1.29 is 18.0 Å². The molecule has 1 saturated carbocycles. The highest BCUT2D eigenvalue weighted by molar-refractivity contribution is 7.92. The van der Waals surface area contributed by atoms with Crippen molar-refractivity contribution in [1.29, 1.82) is 0 Å².